The molecule has 1 heterocycles. The van der Waals surface area contributed by atoms with Gasteiger partial charge in [0.25, 0.3) is 0 Å². The number of ether oxygens (including phenoxy) is 1. The number of alkyl halides is 3. The fraction of sp³-hybridized carbons (Fsp3) is 0.600. The third-order valence-electron chi connectivity index (χ3n) is 4.99. The number of benzene rings is 1. The second kappa shape index (κ2) is 9.91. The van der Waals surface area contributed by atoms with Gasteiger partial charge in [0, 0.05) is 11.5 Å². The van der Waals surface area contributed by atoms with E-state index in [1.165, 1.54) is 27.8 Å². The van der Waals surface area contributed by atoms with Crippen LogP contribution in [0.1, 0.15) is 48.1 Å². The fourth-order valence-electron chi connectivity index (χ4n) is 3.02. The van der Waals surface area contributed by atoms with E-state index in [-0.39, 0.29) is 5.60 Å². The van der Waals surface area contributed by atoms with Gasteiger partial charge in [-0.3, -0.25) is 4.79 Å². The summed E-state index contributed by atoms with van der Waals surface area (Å²) in [6.07, 6.45) is -3.04. The lowest BCUT2D eigenvalue weighted by Gasteiger charge is -2.36. The summed E-state index contributed by atoms with van der Waals surface area (Å²) in [4.78, 5) is 19.7. The largest absolute Gasteiger partial charge is 0.490 e. The van der Waals surface area contributed by atoms with Crippen LogP contribution in [0, 0.1) is 20.8 Å². The molecule has 30 heavy (non-hydrogen) atoms. The summed E-state index contributed by atoms with van der Waals surface area (Å²) in [7, 11) is 0. The molecule has 0 saturated heterocycles. The van der Waals surface area contributed by atoms with E-state index in [2.05, 4.69) is 34.6 Å². The van der Waals surface area contributed by atoms with Crippen LogP contribution in [0.5, 0.6) is 5.75 Å². The Bertz CT molecular complexity index is 809. The molecule has 0 saturated carbocycles. The van der Waals surface area contributed by atoms with Crippen LogP contribution in [0.25, 0.3) is 0 Å². The summed E-state index contributed by atoms with van der Waals surface area (Å²) in [5, 5.41) is 16.0. The van der Waals surface area contributed by atoms with Crippen LogP contribution in [0.2, 0.25) is 0 Å². The third-order valence-corrected chi connectivity index (χ3v) is 6.08. The number of carbonyl (C=O) groups is 2. The molecule has 0 radical (unpaired) electrons. The molecule has 1 aromatic carbocycles. The summed E-state index contributed by atoms with van der Waals surface area (Å²) in [6.45, 7) is 10.7. The van der Waals surface area contributed by atoms with Gasteiger partial charge in [-0.25, -0.2) is 4.79 Å². The fourth-order valence-corrected chi connectivity index (χ4v) is 4.18. The van der Waals surface area contributed by atoms with Gasteiger partial charge in [-0.1, -0.05) is 0 Å². The number of hydrogen-bond acceptors (Lipinski definition) is 5. The van der Waals surface area contributed by atoms with Crippen molar-refractivity contribution in [1.29, 1.82) is 0 Å². The highest BCUT2D eigenvalue weighted by Crippen LogP contribution is 2.41. The third kappa shape index (κ3) is 6.80. The van der Waals surface area contributed by atoms with Crippen LogP contribution in [-0.2, 0) is 21.8 Å². The van der Waals surface area contributed by atoms with Gasteiger partial charge >= 0.3 is 18.1 Å². The van der Waals surface area contributed by atoms with Gasteiger partial charge in [-0.15, -0.1) is 0 Å². The summed E-state index contributed by atoms with van der Waals surface area (Å²) in [5.41, 5.74) is 11.8. The second-order valence-electron chi connectivity index (χ2n) is 7.79. The van der Waals surface area contributed by atoms with Crippen molar-refractivity contribution < 1.29 is 37.7 Å². The van der Waals surface area contributed by atoms with E-state index >= 15 is 0 Å². The van der Waals surface area contributed by atoms with Gasteiger partial charge in [-0.2, -0.15) is 24.9 Å². The van der Waals surface area contributed by atoms with Gasteiger partial charge in [0.05, 0.1) is 0 Å². The maximum absolute atomic E-state index is 10.8. The maximum atomic E-state index is 10.8. The summed E-state index contributed by atoms with van der Waals surface area (Å²) < 4.78 is 38.0. The van der Waals surface area contributed by atoms with Gasteiger partial charge < -0.3 is 20.7 Å². The highest BCUT2D eigenvalue weighted by molar-refractivity contribution is 7.98. The summed E-state index contributed by atoms with van der Waals surface area (Å²) in [5.74, 6) is -1.44. The molecule has 0 aromatic heterocycles. The zero-order valence-corrected chi connectivity index (χ0v) is 18.5. The molecule has 4 N–H and O–H groups in total. The van der Waals surface area contributed by atoms with Crippen molar-refractivity contribution in [2.75, 3.05) is 5.75 Å². The standard InChI is InChI=1S/C18H27NO3S.C2HF3O2/c1-10-11(2)16-13(6-7-18(4,5)22-16)12(3)14(10)8-23-9-15(19)17(20)21;3-2(4,5)1(6)7/h15H,6-9,19H2,1-5H3,(H,20,21);(H,6,7)/t15-;/m0./s1. The average Bonchev–Trinajstić information content (AvgIpc) is 2.61. The van der Waals surface area contributed by atoms with Crippen molar-refractivity contribution in [1.82, 2.24) is 0 Å². The molecule has 0 amide bonds. The SMILES string of the molecule is Cc1c(C)c2c(c(C)c1CSC[C@H](N)C(=O)O)CCC(C)(C)O2.O=C(O)C(F)(F)F. The number of rotatable bonds is 5. The molecular formula is C20H28F3NO5S. The Labute approximate surface area is 178 Å². The topological polar surface area (TPSA) is 110 Å². The monoisotopic (exact) mass is 451 g/mol. The van der Waals surface area contributed by atoms with Crippen molar-refractivity contribution in [2.45, 2.75) is 71.0 Å². The molecule has 0 unspecified atom stereocenters. The highest BCUT2D eigenvalue weighted by atomic mass is 32.2. The number of aliphatic carboxylic acids is 2. The lowest BCUT2D eigenvalue weighted by molar-refractivity contribution is -0.192. The maximum Gasteiger partial charge on any atom is 0.490 e. The zero-order chi connectivity index (χ0) is 23.4. The molecule has 1 aliphatic rings. The number of fused-ring (bicyclic) bond motifs is 1. The molecule has 0 fully saturated rings. The molecule has 0 spiro atoms. The van der Waals surface area contributed by atoms with E-state index in [4.69, 9.17) is 25.5 Å². The summed E-state index contributed by atoms with van der Waals surface area (Å²) in [6, 6.07) is -0.802. The normalized spacial score (nSPS) is 15.9. The van der Waals surface area contributed by atoms with Crippen molar-refractivity contribution >= 4 is 23.7 Å². The summed E-state index contributed by atoms with van der Waals surface area (Å²) >= 11 is 1.58. The van der Waals surface area contributed by atoms with Crippen molar-refractivity contribution in [2.24, 2.45) is 5.73 Å². The second-order valence-corrected chi connectivity index (χ2v) is 8.82. The van der Waals surface area contributed by atoms with Crippen LogP contribution in [-0.4, -0.2) is 45.7 Å². The quantitative estimate of drug-likeness (QED) is 0.621. The Balaban J connectivity index is 0.000000553. The molecule has 170 valence electrons. The zero-order valence-electron chi connectivity index (χ0n) is 17.6. The Kier molecular flexibility index (Phi) is 8.62. The smallest absolute Gasteiger partial charge is 0.487 e. The van der Waals surface area contributed by atoms with Crippen LogP contribution >= 0.6 is 11.8 Å². The van der Waals surface area contributed by atoms with Gasteiger partial charge in [0.2, 0.25) is 0 Å². The molecule has 1 atom stereocenters. The Morgan fingerprint density at radius 2 is 1.70 bits per heavy atom. The van der Waals surface area contributed by atoms with Crippen LogP contribution in [0.15, 0.2) is 0 Å². The molecule has 0 aliphatic carbocycles. The van der Waals surface area contributed by atoms with Gasteiger partial charge in [-0.05, 0) is 75.3 Å². The van der Waals surface area contributed by atoms with Crippen molar-refractivity contribution in [3.05, 3.63) is 27.8 Å². The molecular weight excluding hydrogens is 423 g/mol. The minimum Gasteiger partial charge on any atom is -0.487 e. The molecule has 1 aromatic rings. The molecule has 6 nitrogen and oxygen atoms in total. The lowest BCUT2D eigenvalue weighted by atomic mass is 9.86. The number of carboxylic acids is 2. The van der Waals surface area contributed by atoms with E-state index < -0.39 is 24.2 Å². The number of carboxylic acid groups (broad SMARTS) is 2. The van der Waals surface area contributed by atoms with Gasteiger partial charge in [0.1, 0.15) is 17.4 Å². The number of halogens is 3. The van der Waals surface area contributed by atoms with E-state index in [1.807, 2.05) is 0 Å². The minimum absolute atomic E-state index is 0.110. The number of hydrogen-bond donors (Lipinski definition) is 3. The first-order chi connectivity index (χ1) is 13.6. The predicted octanol–water partition coefficient (Wildman–Crippen LogP) is 3.99. The molecule has 10 heteroatoms. The van der Waals surface area contributed by atoms with E-state index in [1.54, 1.807) is 11.8 Å². The van der Waals surface area contributed by atoms with Crippen LogP contribution in [0.4, 0.5) is 13.2 Å². The van der Waals surface area contributed by atoms with Crippen LogP contribution in [0.3, 0.4) is 0 Å². The average molecular weight is 452 g/mol. The molecule has 1 aliphatic heterocycles. The van der Waals surface area contributed by atoms with Crippen molar-refractivity contribution in [3.8, 4) is 5.75 Å². The van der Waals surface area contributed by atoms with Crippen molar-refractivity contribution in [3.63, 3.8) is 0 Å². The van der Waals surface area contributed by atoms with E-state index in [0.717, 1.165) is 24.3 Å². The Morgan fingerprint density at radius 3 is 2.17 bits per heavy atom. The van der Waals surface area contributed by atoms with E-state index in [0.29, 0.717) is 5.75 Å². The highest BCUT2D eigenvalue weighted by Gasteiger charge is 2.38. The Hall–Kier alpha value is -1.94. The van der Waals surface area contributed by atoms with Gasteiger partial charge in [0.15, 0.2) is 0 Å². The molecule has 2 rings (SSSR count). The van der Waals surface area contributed by atoms with E-state index in [9.17, 15) is 18.0 Å². The molecule has 0 bridgehead atoms. The number of thioether (sulfide) groups is 1. The first-order valence-corrected chi connectivity index (χ1v) is 10.4. The Morgan fingerprint density at radius 1 is 1.17 bits per heavy atom. The first kappa shape index (κ1) is 26.1. The lowest BCUT2D eigenvalue weighted by Crippen LogP contribution is -2.34. The predicted molar refractivity (Wildman–Crippen MR) is 109 cm³/mol. The first-order valence-electron chi connectivity index (χ1n) is 9.25. The van der Waals surface area contributed by atoms with Crippen LogP contribution < -0.4 is 10.5 Å². The minimum atomic E-state index is -5.08. The number of nitrogens with two attached hydrogens (primary N) is 1.